The average Bonchev–Trinajstić information content (AvgIpc) is 2.48. The molecule has 1 nitrogen and oxygen atoms in total. The number of rotatable bonds is 2. The minimum Gasteiger partial charge on any atom is -0.475 e. The third-order valence-electron chi connectivity index (χ3n) is 6.87. The van der Waals surface area contributed by atoms with Crippen LogP contribution in [0, 0.1) is 41.5 Å². The second-order valence-corrected chi connectivity index (χ2v) is 8.00. The summed E-state index contributed by atoms with van der Waals surface area (Å²) in [5.41, 5.74) is 1.14. The van der Waals surface area contributed by atoms with Gasteiger partial charge in [-0.3, -0.25) is 0 Å². The molecule has 1 heteroatoms. The molecule has 0 heterocycles. The summed E-state index contributed by atoms with van der Waals surface area (Å²) in [5.74, 6) is 3.87. The zero-order valence-corrected chi connectivity index (χ0v) is 12.0. The Bertz CT molecular complexity index is 323. The maximum atomic E-state index is 4.18. The van der Waals surface area contributed by atoms with Crippen molar-refractivity contribution in [3.8, 4) is 0 Å². The van der Waals surface area contributed by atoms with E-state index in [9.17, 15) is 0 Å². The fourth-order valence-corrected chi connectivity index (χ4v) is 6.28. The topological polar surface area (TPSA) is 16.6 Å². The lowest BCUT2D eigenvalue weighted by Gasteiger charge is -2.59. The Hall–Kier alpha value is -0.0400. The van der Waals surface area contributed by atoms with Crippen LogP contribution >= 0.6 is 0 Å². The normalized spacial score (nSPS) is 56.8. The van der Waals surface area contributed by atoms with Gasteiger partial charge in [0.15, 0.2) is 0 Å². The van der Waals surface area contributed by atoms with E-state index >= 15 is 0 Å². The molecule has 0 saturated heterocycles. The van der Waals surface area contributed by atoms with Crippen LogP contribution in [0.15, 0.2) is 0 Å². The van der Waals surface area contributed by atoms with Crippen LogP contribution in [0.25, 0.3) is 0 Å². The lowest BCUT2D eigenvalue weighted by Crippen LogP contribution is -2.92. The highest BCUT2D eigenvalue weighted by atomic mass is 15.0. The van der Waals surface area contributed by atoms with Crippen molar-refractivity contribution in [3.05, 3.63) is 7.05 Å². The molecule has 0 aromatic rings. The van der Waals surface area contributed by atoms with E-state index in [0.717, 1.165) is 29.7 Å². The van der Waals surface area contributed by atoms with Crippen molar-refractivity contribution in [1.82, 2.24) is 0 Å². The molecule has 6 atom stereocenters. The van der Waals surface area contributed by atoms with Gasteiger partial charge in [0.2, 0.25) is 0 Å². The molecule has 4 saturated carbocycles. The average molecular weight is 235 g/mol. The fourth-order valence-electron chi connectivity index (χ4n) is 6.28. The molecule has 0 aromatic carbocycles. The molecule has 0 amide bonds. The number of quaternary nitrogens is 1. The van der Waals surface area contributed by atoms with Crippen molar-refractivity contribution < 1.29 is 5.32 Å². The van der Waals surface area contributed by atoms with Gasteiger partial charge >= 0.3 is 0 Å². The van der Waals surface area contributed by atoms with Gasteiger partial charge in [0, 0.05) is 10.8 Å². The van der Waals surface area contributed by atoms with Gasteiger partial charge in [-0.2, -0.15) is 7.05 Å². The van der Waals surface area contributed by atoms with Crippen molar-refractivity contribution in [3.63, 3.8) is 0 Å². The van der Waals surface area contributed by atoms with Gasteiger partial charge in [0.1, 0.15) is 0 Å². The Morgan fingerprint density at radius 1 is 1.24 bits per heavy atom. The SMILES string of the molecule is [CH2-][NH2+][C@H]1C2(C)CC[C@@H]3C(C2)C(C(C)C)CC31C. The summed E-state index contributed by atoms with van der Waals surface area (Å²) in [6.45, 7) is 10.00. The third-order valence-corrected chi connectivity index (χ3v) is 6.87. The first-order chi connectivity index (χ1) is 7.92. The quantitative estimate of drug-likeness (QED) is 0.709. The minimum absolute atomic E-state index is 0.569. The number of hydrogen-bond acceptors (Lipinski definition) is 0. The van der Waals surface area contributed by atoms with Crippen molar-refractivity contribution in [2.45, 2.75) is 59.4 Å². The highest BCUT2D eigenvalue weighted by Crippen LogP contribution is 2.69. The van der Waals surface area contributed by atoms with E-state index in [1.54, 1.807) is 0 Å². The summed E-state index contributed by atoms with van der Waals surface area (Å²) < 4.78 is 0. The molecule has 0 spiro atoms. The lowest BCUT2D eigenvalue weighted by atomic mass is 9.48. The monoisotopic (exact) mass is 235 g/mol. The zero-order chi connectivity index (χ0) is 12.4. The smallest absolute Gasteiger partial charge is 0.0731 e. The second-order valence-electron chi connectivity index (χ2n) is 8.00. The van der Waals surface area contributed by atoms with Crippen LogP contribution in [-0.4, -0.2) is 6.04 Å². The number of fused-ring (bicyclic) bond motifs is 1. The molecule has 4 fully saturated rings. The summed E-state index contributed by atoms with van der Waals surface area (Å²) in [6.07, 6.45) is 5.88. The standard InChI is InChI=1S/C16H29N/c1-10(2)11-9-16(4)13-6-7-15(3,8-12(11)13)14(16)17-5/h10-14H,5-9,17H2,1-4H3/t11?,12?,13-,14+,15?,16?/m1/s1. The Morgan fingerprint density at radius 2 is 1.94 bits per heavy atom. The Kier molecular flexibility index (Phi) is 2.47. The lowest BCUT2D eigenvalue weighted by molar-refractivity contribution is -0.673. The molecule has 4 aliphatic rings. The molecule has 0 radical (unpaired) electrons. The molecule has 17 heavy (non-hydrogen) atoms. The van der Waals surface area contributed by atoms with E-state index in [0.29, 0.717) is 10.8 Å². The molecule has 4 bridgehead atoms. The minimum atomic E-state index is 0.569. The predicted molar refractivity (Wildman–Crippen MR) is 71.1 cm³/mol. The Labute approximate surface area is 107 Å². The number of hydrogen-bond donors (Lipinski definition) is 1. The van der Waals surface area contributed by atoms with E-state index in [1.807, 2.05) is 0 Å². The van der Waals surface area contributed by atoms with E-state index in [-0.39, 0.29) is 0 Å². The largest absolute Gasteiger partial charge is 0.475 e. The van der Waals surface area contributed by atoms with Crippen LogP contribution in [0.5, 0.6) is 0 Å². The fraction of sp³-hybridized carbons (Fsp3) is 0.938. The maximum Gasteiger partial charge on any atom is 0.0731 e. The van der Waals surface area contributed by atoms with Crippen LogP contribution in [0.1, 0.15) is 53.4 Å². The molecule has 98 valence electrons. The second kappa shape index (κ2) is 3.50. The maximum absolute atomic E-state index is 4.18. The van der Waals surface area contributed by atoms with E-state index in [4.69, 9.17) is 0 Å². The van der Waals surface area contributed by atoms with Crippen LogP contribution < -0.4 is 5.32 Å². The van der Waals surface area contributed by atoms with Crippen molar-refractivity contribution in [2.24, 2.45) is 34.5 Å². The van der Waals surface area contributed by atoms with Crippen molar-refractivity contribution in [2.75, 3.05) is 0 Å². The first kappa shape index (κ1) is 12.0. The third kappa shape index (κ3) is 1.35. The van der Waals surface area contributed by atoms with Gasteiger partial charge in [-0.1, -0.05) is 27.7 Å². The van der Waals surface area contributed by atoms with Gasteiger partial charge in [0.05, 0.1) is 6.04 Å². The molecule has 0 aliphatic heterocycles. The predicted octanol–water partition coefficient (Wildman–Crippen LogP) is 2.83. The van der Waals surface area contributed by atoms with Gasteiger partial charge in [0.25, 0.3) is 0 Å². The van der Waals surface area contributed by atoms with E-state index in [2.05, 4.69) is 40.1 Å². The van der Waals surface area contributed by atoms with Gasteiger partial charge in [-0.05, 0) is 49.4 Å². The summed E-state index contributed by atoms with van der Waals surface area (Å²) in [6, 6.07) is 0.772. The van der Waals surface area contributed by atoms with Crippen LogP contribution in [0.4, 0.5) is 0 Å². The van der Waals surface area contributed by atoms with Gasteiger partial charge in [-0.15, -0.1) is 0 Å². The first-order valence-electron chi connectivity index (χ1n) is 7.55. The summed E-state index contributed by atoms with van der Waals surface area (Å²) >= 11 is 0. The van der Waals surface area contributed by atoms with Crippen molar-refractivity contribution in [1.29, 1.82) is 0 Å². The molecule has 2 N–H and O–H groups in total. The Balaban J connectivity index is 2.01. The molecule has 4 unspecified atom stereocenters. The van der Waals surface area contributed by atoms with Crippen molar-refractivity contribution >= 4 is 0 Å². The summed E-state index contributed by atoms with van der Waals surface area (Å²) in [7, 11) is 4.18. The molecule has 0 aromatic heterocycles. The zero-order valence-electron chi connectivity index (χ0n) is 12.0. The molecular formula is C16H29N. The highest BCUT2D eigenvalue weighted by molar-refractivity contribution is 5.15. The summed E-state index contributed by atoms with van der Waals surface area (Å²) in [5, 5.41) is 2.31. The first-order valence-corrected chi connectivity index (χ1v) is 7.55. The molecular weight excluding hydrogens is 206 g/mol. The van der Waals surface area contributed by atoms with E-state index < -0.39 is 0 Å². The van der Waals surface area contributed by atoms with E-state index in [1.165, 1.54) is 25.7 Å². The van der Waals surface area contributed by atoms with Crippen LogP contribution in [-0.2, 0) is 0 Å². The van der Waals surface area contributed by atoms with Crippen LogP contribution in [0.2, 0.25) is 0 Å². The highest BCUT2D eigenvalue weighted by Gasteiger charge is 2.67. The Morgan fingerprint density at radius 3 is 2.53 bits per heavy atom. The van der Waals surface area contributed by atoms with Gasteiger partial charge in [-0.25, -0.2) is 0 Å². The molecule has 4 rings (SSSR count). The van der Waals surface area contributed by atoms with Crippen LogP contribution in [0.3, 0.4) is 0 Å². The van der Waals surface area contributed by atoms with Gasteiger partial charge < -0.3 is 5.32 Å². The number of nitrogens with two attached hydrogens (primary N) is 1. The molecule has 4 aliphatic carbocycles. The summed E-state index contributed by atoms with van der Waals surface area (Å²) in [4.78, 5) is 0.